The van der Waals surface area contributed by atoms with Gasteiger partial charge in [0.15, 0.2) is 0 Å². The number of thioether (sulfide) groups is 1. The van der Waals surface area contributed by atoms with Gasteiger partial charge < -0.3 is 5.32 Å². The van der Waals surface area contributed by atoms with E-state index >= 15 is 0 Å². The predicted octanol–water partition coefficient (Wildman–Crippen LogP) is 4.10. The summed E-state index contributed by atoms with van der Waals surface area (Å²) in [6.45, 7) is 4.26. The van der Waals surface area contributed by atoms with Crippen molar-refractivity contribution in [2.24, 2.45) is 0 Å². The largest absolute Gasteiger partial charge is 0.372 e. The van der Waals surface area contributed by atoms with Crippen LogP contribution in [0.1, 0.15) is 16.3 Å². The van der Waals surface area contributed by atoms with Gasteiger partial charge in [-0.1, -0.05) is 11.8 Å². The van der Waals surface area contributed by atoms with E-state index in [4.69, 9.17) is 0 Å². The summed E-state index contributed by atoms with van der Waals surface area (Å²) in [7, 11) is 1.91. The Morgan fingerprint density at radius 1 is 1.30 bits per heavy atom. The van der Waals surface area contributed by atoms with E-state index in [2.05, 4.69) is 34.1 Å². The lowest BCUT2D eigenvalue weighted by molar-refractivity contribution is 1.07. The minimum Gasteiger partial charge on any atom is -0.372 e. The maximum absolute atomic E-state index is 4.69. The van der Waals surface area contributed by atoms with Crippen LogP contribution < -0.4 is 5.32 Å². The van der Waals surface area contributed by atoms with Gasteiger partial charge in [-0.15, -0.1) is 22.7 Å². The van der Waals surface area contributed by atoms with Crippen LogP contribution in [0.3, 0.4) is 0 Å². The Kier molecular flexibility index (Phi) is 3.91. The summed E-state index contributed by atoms with van der Waals surface area (Å²) in [5, 5.41) is 6.33. The van der Waals surface area contributed by atoms with E-state index < -0.39 is 0 Å². The first-order valence-electron chi connectivity index (χ1n) is 6.15. The lowest BCUT2D eigenvalue weighted by atomic mass is 10.2. The lowest BCUT2D eigenvalue weighted by Gasteiger charge is -2.05. The van der Waals surface area contributed by atoms with Crippen LogP contribution in [0.25, 0.3) is 10.2 Å². The maximum atomic E-state index is 4.69. The van der Waals surface area contributed by atoms with Gasteiger partial charge in [0, 0.05) is 23.5 Å². The molecule has 7 heteroatoms. The first-order chi connectivity index (χ1) is 9.69. The molecule has 104 valence electrons. The first kappa shape index (κ1) is 13.8. The second-order valence-electron chi connectivity index (χ2n) is 4.29. The Bertz CT molecular complexity index is 734. The first-order valence-corrected chi connectivity index (χ1v) is 8.84. The van der Waals surface area contributed by atoms with Crippen molar-refractivity contribution in [2.45, 2.75) is 23.9 Å². The molecule has 0 amide bonds. The molecular weight excluding hydrogens is 308 g/mol. The molecule has 0 bridgehead atoms. The van der Waals surface area contributed by atoms with Crippen molar-refractivity contribution in [3.8, 4) is 0 Å². The summed E-state index contributed by atoms with van der Waals surface area (Å²) in [5.41, 5.74) is 1.27. The second kappa shape index (κ2) is 5.67. The molecule has 0 radical (unpaired) electrons. The zero-order chi connectivity index (χ0) is 14.1. The normalized spacial score (nSPS) is 11.2. The Morgan fingerprint density at radius 2 is 2.15 bits per heavy atom. The molecule has 3 heterocycles. The summed E-state index contributed by atoms with van der Waals surface area (Å²) >= 11 is 5.06. The molecule has 1 N–H and O–H groups in total. The van der Waals surface area contributed by atoms with E-state index in [-0.39, 0.29) is 0 Å². The van der Waals surface area contributed by atoms with Crippen LogP contribution in [0.15, 0.2) is 15.9 Å². The van der Waals surface area contributed by atoms with Gasteiger partial charge in [0.05, 0.1) is 11.1 Å². The van der Waals surface area contributed by atoms with Crippen molar-refractivity contribution >= 4 is 50.5 Å². The smallest absolute Gasteiger partial charge is 0.150 e. The predicted molar refractivity (Wildman–Crippen MR) is 88.1 cm³/mol. The van der Waals surface area contributed by atoms with Gasteiger partial charge in [-0.2, -0.15) is 0 Å². The molecule has 3 aromatic heterocycles. The molecule has 0 saturated heterocycles. The van der Waals surface area contributed by atoms with E-state index in [1.165, 1.54) is 10.4 Å². The van der Waals surface area contributed by atoms with Gasteiger partial charge in [0.25, 0.3) is 0 Å². The van der Waals surface area contributed by atoms with Crippen molar-refractivity contribution < 1.29 is 0 Å². The maximum Gasteiger partial charge on any atom is 0.150 e. The second-order valence-corrected chi connectivity index (χ2v) is 7.61. The van der Waals surface area contributed by atoms with E-state index in [0.29, 0.717) is 0 Å². The van der Waals surface area contributed by atoms with Crippen molar-refractivity contribution in [1.82, 2.24) is 15.0 Å². The molecule has 0 aliphatic carbocycles. The van der Waals surface area contributed by atoms with Crippen LogP contribution in [0, 0.1) is 13.8 Å². The Morgan fingerprint density at radius 3 is 2.85 bits per heavy atom. The number of thiophene rings is 1. The molecule has 0 saturated carbocycles. The fourth-order valence-electron chi connectivity index (χ4n) is 1.95. The number of nitrogens with one attached hydrogen (secondary N) is 1. The number of aromatic nitrogens is 3. The lowest BCUT2D eigenvalue weighted by Crippen LogP contribution is -1.99. The van der Waals surface area contributed by atoms with Gasteiger partial charge in [-0.05, 0) is 19.4 Å². The third kappa shape index (κ3) is 2.53. The van der Waals surface area contributed by atoms with Crippen LogP contribution in [-0.2, 0) is 5.75 Å². The Balaban J connectivity index is 1.96. The van der Waals surface area contributed by atoms with Crippen molar-refractivity contribution in [3.63, 3.8) is 0 Å². The highest BCUT2D eigenvalue weighted by molar-refractivity contribution is 8.00. The molecule has 0 aromatic carbocycles. The van der Waals surface area contributed by atoms with E-state index in [9.17, 15) is 0 Å². The average Bonchev–Trinajstić information content (AvgIpc) is 3.05. The topological polar surface area (TPSA) is 50.7 Å². The monoisotopic (exact) mass is 322 g/mol. The highest BCUT2D eigenvalue weighted by Crippen LogP contribution is 2.34. The summed E-state index contributed by atoms with van der Waals surface area (Å²) < 4.78 is 1.05. The zero-order valence-corrected chi connectivity index (χ0v) is 13.9. The van der Waals surface area contributed by atoms with Gasteiger partial charge in [0.2, 0.25) is 0 Å². The quantitative estimate of drug-likeness (QED) is 0.733. The minimum atomic E-state index is 0.744. The van der Waals surface area contributed by atoms with Crippen molar-refractivity contribution in [1.29, 1.82) is 0 Å². The molecule has 0 atom stereocenters. The summed E-state index contributed by atoms with van der Waals surface area (Å²) in [4.78, 5) is 16.0. The summed E-state index contributed by atoms with van der Waals surface area (Å²) in [5.74, 6) is 2.52. The highest BCUT2D eigenvalue weighted by atomic mass is 32.2. The summed E-state index contributed by atoms with van der Waals surface area (Å²) in [6.07, 6.45) is 1.82. The molecule has 4 nitrogen and oxygen atoms in total. The third-order valence-corrected chi connectivity index (χ3v) is 6.11. The van der Waals surface area contributed by atoms with Crippen molar-refractivity contribution in [3.05, 3.63) is 27.8 Å². The molecular formula is C13H14N4S3. The standard InChI is InChI=1S/C13H14N4S3/c1-7-8(2)20-12-10(7)11(14-3)16-9(17-12)6-19-13-15-4-5-18-13/h4-5H,6H2,1-3H3,(H,14,16,17). The molecule has 3 rings (SSSR count). The third-order valence-electron chi connectivity index (χ3n) is 3.05. The number of nitrogens with zero attached hydrogens (tertiary/aromatic N) is 3. The zero-order valence-electron chi connectivity index (χ0n) is 11.4. The van der Waals surface area contributed by atoms with E-state index in [0.717, 1.165) is 32.0 Å². The van der Waals surface area contributed by atoms with Crippen LogP contribution >= 0.6 is 34.4 Å². The highest BCUT2D eigenvalue weighted by Gasteiger charge is 2.14. The van der Waals surface area contributed by atoms with Crippen LogP contribution in [0.4, 0.5) is 5.82 Å². The number of hydrogen-bond acceptors (Lipinski definition) is 7. The fraction of sp³-hybridized carbons (Fsp3) is 0.308. The summed E-state index contributed by atoms with van der Waals surface area (Å²) in [6, 6.07) is 0. The van der Waals surface area contributed by atoms with Crippen LogP contribution in [0.2, 0.25) is 0 Å². The molecule has 0 aliphatic heterocycles. The Hall–Kier alpha value is -1.18. The molecule has 0 spiro atoms. The van der Waals surface area contributed by atoms with Gasteiger partial charge >= 0.3 is 0 Å². The van der Waals surface area contributed by atoms with Gasteiger partial charge in [-0.25, -0.2) is 15.0 Å². The molecule has 3 aromatic rings. The van der Waals surface area contributed by atoms with Crippen LogP contribution in [0.5, 0.6) is 0 Å². The van der Waals surface area contributed by atoms with Gasteiger partial charge in [0.1, 0.15) is 20.8 Å². The average molecular weight is 322 g/mol. The van der Waals surface area contributed by atoms with E-state index in [1.54, 1.807) is 34.4 Å². The Labute approximate surface area is 129 Å². The number of rotatable bonds is 4. The SMILES string of the molecule is CNc1nc(CSc2nccs2)nc2sc(C)c(C)c12. The minimum absolute atomic E-state index is 0.744. The number of aryl methyl sites for hydroxylation is 2. The number of anilines is 1. The van der Waals surface area contributed by atoms with Crippen molar-refractivity contribution in [2.75, 3.05) is 12.4 Å². The number of hydrogen-bond donors (Lipinski definition) is 1. The molecule has 20 heavy (non-hydrogen) atoms. The molecule has 0 aliphatic rings. The molecule has 0 unspecified atom stereocenters. The number of thiazole rings is 1. The fourth-order valence-corrected chi connectivity index (χ4v) is 4.49. The number of fused-ring (bicyclic) bond motifs is 1. The van der Waals surface area contributed by atoms with E-state index in [1.807, 2.05) is 18.6 Å². The molecule has 0 fully saturated rings. The van der Waals surface area contributed by atoms with Gasteiger partial charge in [-0.3, -0.25) is 0 Å². The van der Waals surface area contributed by atoms with Crippen LogP contribution in [-0.4, -0.2) is 22.0 Å².